The Hall–Kier alpha value is -2.28. The fourth-order valence-corrected chi connectivity index (χ4v) is 3.44. The molecule has 0 aliphatic carbocycles. The summed E-state index contributed by atoms with van der Waals surface area (Å²) in [4.78, 5) is 27.9. The second-order valence-corrected chi connectivity index (χ2v) is 6.45. The summed E-state index contributed by atoms with van der Waals surface area (Å²) < 4.78 is 10.7. The van der Waals surface area contributed by atoms with E-state index >= 15 is 0 Å². The van der Waals surface area contributed by atoms with Crippen LogP contribution in [0.15, 0.2) is 18.2 Å². The molecule has 2 amide bonds. The number of hydrogen-bond donors (Lipinski definition) is 1. The van der Waals surface area contributed by atoms with Crippen molar-refractivity contribution in [3.8, 4) is 11.5 Å². The van der Waals surface area contributed by atoms with E-state index < -0.39 is 0 Å². The van der Waals surface area contributed by atoms with Gasteiger partial charge in [-0.3, -0.25) is 14.5 Å². The molecule has 24 heavy (non-hydrogen) atoms. The monoisotopic (exact) mass is 331 g/mol. The number of benzene rings is 1. The first-order chi connectivity index (χ1) is 11.7. The van der Waals surface area contributed by atoms with Crippen molar-refractivity contribution in [1.82, 2.24) is 15.1 Å². The fraction of sp³-hybridized carbons (Fsp3) is 0.529. The van der Waals surface area contributed by atoms with Gasteiger partial charge in [-0.15, -0.1) is 0 Å². The van der Waals surface area contributed by atoms with Crippen LogP contribution < -0.4 is 14.8 Å². The summed E-state index contributed by atoms with van der Waals surface area (Å²) >= 11 is 0. The lowest BCUT2D eigenvalue weighted by molar-refractivity contribution is -0.136. The van der Waals surface area contributed by atoms with Gasteiger partial charge in [-0.05, 0) is 24.1 Å². The van der Waals surface area contributed by atoms with Gasteiger partial charge >= 0.3 is 0 Å². The Morgan fingerprint density at radius 2 is 1.96 bits per heavy atom. The zero-order chi connectivity index (χ0) is 16.5. The average molecular weight is 331 g/mol. The van der Waals surface area contributed by atoms with Gasteiger partial charge in [-0.1, -0.05) is 6.07 Å². The summed E-state index contributed by atoms with van der Waals surface area (Å²) in [6.07, 6.45) is 1.08. The predicted molar refractivity (Wildman–Crippen MR) is 85.6 cm³/mol. The Kier molecular flexibility index (Phi) is 4.02. The first-order valence-corrected chi connectivity index (χ1v) is 8.38. The molecule has 0 bridgehead atoms. The predicted octanol–water partition coefficient (Wildman–Crippen LogP) is 0.338. The molecule has 0 spiro atoms. The number of nitrogens with one attached hydrogen (secondary N) is 1. The Balaban J connectivity index is 1.30. The summed E-state index contributed by atoms with van der Waals surface area (Å²) in [7, 11) is 0. The van der Waals surface area contributed by atoms with E-state index in [9.17, 15) is 9.59 Å². The van der Waals surface area contributed by atoms with Crippen LogP contribution in [0.25, 0.3) is 0 Å². The number of piperazine rings is 1. The first kappa shape index (κ1) is 15.3. The molecule has 1 atom stereocenters. The smallest absolute Gasteiger partial charge is 0.245 e. The lowest BCUT2D eigenvalue weighted by Crippen LogP contribution is -2.53. The van der Waals surface area contributed by atoms with Crippen LogP contribution >= 0.6 is 0 Å². The van der Waals surface area contributed by atoms with Crippen molar-refractivity contribution in [1.29, 1.82) is 0 Å². The molecule has 3 heterocycles. The van der Waals surface area contributed by atoms with Crippen LogP contribution in [0.1, 0.15) is 18.4 Å². The molecule has 3 aliphatic heterocycles. The molecule has 7 heteroatoms. The van der Waals surface area contributed by atoms with E-state index in [4.69, 9.17) is 9.47 Å². The van der Waals surface area contributed by atoms with Gasteiger partial charge in [0.05, 0.1) is 0 Å². The number of hydrogen-bond acceptors (Lipinski definition) is 5. The Morgan fingerprint density at radius 1 is 1.17 bits per heavy atom. The van der Waals surface area contributed by atoms with Crippen LogP contribution in [0.2, 0.25) is 0 Å². The molecule has 2 fully saturated rings. The van der Waals surface area contributed by atoms with Gasteiger partial charge in [0.1, 0.15) is 6.04 Å². The van der Waals surface area contributed by atoms with E-state index in [1.54, 1.807) is 0 Å². The van der Waals surface area contributed by atoms with E-state index in [0.29, 0.717) is 25.9 Å². The minimum atomic E-state index is -0.321. The molecule has 1 aromatic carbocycles. The first-order valence-electron chi connectivity index (χ1n) is 8.38. The molecule has 128 valence electrons. The van der Waals surface area contributed by atoms with E-state index in [2.05, 4.69) is 16.3 Å². The molecule has 0 saturated carbocycles. The van der Waals surface area contributed by atoms with Crippen molar-refractivity contribution in [3.63, 3.8) is 0 Å². The highest BCUT2D eigenvalue weighted by molar-refractivity contribution is 5.90. The average Bonchev–Trinajstić information content (AvgIpc) is 3.23. The molecule has 7 nitrogen and oxygen atoms in total. The molecule has 4 rings (SSSR count). The van der Waals surface area contributed by atoms with E-state index in [-0.39, 0.29) is 24.6 Å². The number of rotatable bonds is 3. The van der Waals surface area contributed by atoms with Crippen molar-refractivity contribution >= 4 is 11.8 Å². The van der Waals surface area contributed by atoms with Gasteiger partial charge < -0.3 is 19.7 Å². The lowest BCUT2D eigenvalue weighted by atomic mass is 10.1. The number of carbonyl (C=O) groups excluding carboxylic acids is 2. The Bertz CT molecular complexity index is 655. The van der Waals surface area contributed by atoms with Gasteiger partial charge in [0.25, 0.3) is 0 Å². The molecular formula is C17H21N3O4. The highest BCUT2D eigenvalue weighted by atomic mass is 16.7. The minimum absolute atomic E-state index is 0.0187. The number of nitrogens with zero attached hydrogens (tertiary/aromatic N) is 2. The van der Waals surface area contributed by atoms with E-state index in [1.807, 2.05) is 17.0 Å². The van der Waals surface area contributed by atoms with E-state index in [0.717, 1.165) is 31.1 Å². The van der Waals surface area contributed by atoms with Gasteiger partial charge in [-0.2, -0.15) is 0 Å². The highest BCUT2D eigenvalue weighted by Gasteiger charge is 2.32. The third-order valence-corrected chi connectivity index (χ3v) is 4.82. The molecule has 3 aliphatic rings. The fourth-order valence-electron chi connectivity index (χ4n) is 3.44. The zero-order valence-electron chi connectivity index (χ0n) is 13.5. The quantitative estimate of drug-likeness (QED) is 0.865. The largest absolute Gasteiger partial charge is 0.454 e. The third kappa shape index (κ3) is 3.03. The lowest BCUT2D eigenvalue weighted by Gasteiger charge is -2.35. The van der Waals surface area contributed by atoms with Crippen molar-refractivity contribution in [2.75, 3.05) is 33.0 Å². The number of fused-ring (bicyclic) bond motifs is 1. The SMILES string of the molecule is O=C1CCC(C(=O)N2CCN(Cc3ccc4c(c3)OCO4)CC2)N1. The van der Waals surface area contributed by atoms with Crippen molar-refractivity contribution < 1.29 is 19.1 Å². The van der Waals surface area contributed by atoms with Gasteiger partial charge in [0.2, 0.25) is 18.6 Å². The summed E-state index contributed by atoms with van der Waals surface area (Å²) in [5.74, 6) is 1.64. The van der Waals surface area contributed by atoms with Crippen LogP contribution in [0.4, 0.5) is 0 Å². The highest BCUT2D eigenvalue weighted by Crippen LogP contribution is 2.32. The molecule has 2 saturated heterocycles. The summed E-state index contributed by atoms with van der Waals surface area (Å²) in [5.41, 5.74) is 1.18. The molecule has 0 radical (unpaired) electrons. The zero-order valence-corrected chi connectivity index (χ0v) is 13.5. The normalized spacial score (nSPS) is 23.4. The summed E-state index contributed by atoms with van der Waals surface area (Å²) in [5, 5.41) is 2.76. The molecule has 1 N–H and O–H groups in total. The maximum atomic E-state index is 12.4. The van der Waals surface area contributed by atoms with Crippen LogP contribution in [-0.2, 0) is 16.1 Å². The number of ether oxygens (including phenoxy) is 2. The topological polar surface area (TPSA) is 71.1 Å². The third-order valence-electron chi connectivity index (χ3n) is 4.82. The maximum absolute atomic E-state index is 12.4. The van der Waals surface area contributed by atoms with Crippen molar-refractivity contribution in [2.45, 2.75) is 25.4 Å². The van der Waals surface area contributed by atoms with E-state index in [1.165, 1.54) is 5.56 Å². The minimum Gasteiger partial charge on any atom is -0.454 e. The van der Waals surface area contributed by atoms with Gasteiger partial charge in [-0.25, -0.2) is 0 Å². The second-order valence-electron chi connectivity index (χ2n) is 6.45. The standard InChI is InChI=1S/C17H21N3O4/c21-16-4-2-13(18-16)17(22)20-7-5-19(6-8-20)10-12-1-3-14-15(9-12)24-11-23-14/h1,3,9,13H,2,4-8,10-11H2,(H,18,21). The second kappa shape index (κ2) is 6.32. The van der Waals surface area contributed by atoms with Gasteiger partial charge in [0, 0.05) is 39.1 Å². The maximum Gasteiger partial charge on any atom is 0.245 e. The van der Waals surface area contributed by atoms with Crippen LogP contribution in [0, 0.1) is 0 Å². The number of amides is 2. The molecule has 0 aromatic heterocycles. The summed E-state index contributed by atoms with van der Waals surface area (Å²) in [6.45, 7) is 4.20. The van der Waals surface area contributed by atoms with Crippen molar-refractivity contribution in [2.24, 2.45) is 0 Å². The van der Waals surface area contributed by atoms with Crippen LogP contribution in [0.5, 0.6) is 11.5 Å². The van der Waals surface area contributed by atoms with Gasteiger partial charge in [0.15, 0.2) is 11.5 Å². The van der Waals surface area contributed by atoms with Crippen LogP contribution in [-0.4, -0.2) is 60.6 Å². The van der Waals surface area contributed by atoms with Crippen molar-refractivity contribution in [3.05, 3.63) is 23.8 Å². The molecule has 1 aromatic rings. The molecule has 1 unspecified atom stereocenters. The molecular weight excluding hydrogens is 310 g/mol. The summed E-state index contributed by atoms with van der Waals surface area (Å²) in [6, 6.07) is 5.70. The Morgan fingerprint density at radius 3 is 2.71 bits per heavy atom. The number of carbonyl (C=O) groups is 2. The Labute approximate surface area is 140 Å². The van der Waals surface area contributed by atoms with Crippen LogP contribution in [0.3, 0.4) is 0 Å².